The van der Waals surface area contributed by atoms with Crippen LogP contribution in [-0.4, -0.2) is 10.8 Å². The highest BCUT2D eigenvalue weighted by atomic mass is 16.6. The molecule has 1 amide bonds. The van der Waals surface area contributed by atoms with Crippen molar-refractivity contribution < 1.29 is 9.72 Å². The Morgan fingerprint density at radius 3 is 2.75 bits per heavy atom. The minimum Gasteiger partial charge on any atom is -0.365 e. The Hall–Kier alpha value is -2.68. The first-order chi connectivity index (χ1) is 7.54. The molecule has 0 heterocycles. The predicted molar refractivity (Wildman–Crippen MR) is 55.9 cm³/mol. The summed E-state index contributed by atoms with van der Waals surface area (Å²) in [7, 11) is 0. The van der Waals surface area contributed by atoms with E-state index in [-0.39, 0.29) is 11.3 Å². The second-order valence-electron chi connectivity index (χ2n) is 2.89. The number of non-ortho nitro benzene ring substituents is 1. The number of nitrogens with zero attached hydrogens (tertiary/aromatic N) is 2. The van der Waals surface area contributed by atoms with Gasteiger partial charge in [-0.15, -0.1) is 0 Å². The topological polar surface area (TPSA) is 110 Å². The standard InChI is InChI=1S/C10H7N3O3/c11-6-8(10(12)14)4-7-2-1-3-9(5-7)13(15)16/h1-5H,(H2,12,14)/b8-4+. The Balaban J connectivity index is 3.16. The van der Waals surface area contributed by atoms with Crippen LogP contribution in [0.1, 0.15) is 5.56 Å². The van der Waals surface area contributed by atoms with E-state index in [1.807, 2.05) is 0 Å². The molecule has 16 heavy (non-hydrogen) atoms. The summed E-state index contributed by atoms with van der Waals surface area (Å²) < 4.78 is 0. The maximum absolute atomic E-state index is 10.8. The summed E-state index contributed by atoms with van der Waals surface area (Å²) in [6, 6.07) is 7.17. The SMILES string of the molecule is N#C/C(=C\c1cccc([N+](=O)[O-])c1)C(N)=O. The molecule has 80 valence electrons. The highest BCUT2D eigenvalue weighted by Gasteiger charge is 2.07. The monoisotopic (exact) mass is 217 g/mol. The van der Waals surface area contributed by atoms with Crippen molar-refractivity contribution >= 4 is 17.7 Å². The van der Waals surface area contributed by atoms with Crippen LogP contribution in [0.3, 0.4) is 0 Å². The van der Waals surface area contributed by atoms with Crippen molar-refractivity contribution in [2.75, 3.05) is 0 Å². The van der Waals surface area contributed by atoms with Crippen molar-refractivity contribution in [3.63, 3.8) is 0 Å². The molecule has 0 saturated carbocycles. The van der Waals surface area contributed by atoms with Gasteiger partial charge in [0.1, 0.15) is 11.6 Å². The fourth-order valence-corrected chi connectivity index (χ4v) is 1.05. The van der Waals surface area contributed by atoms with Gasteiger partial charge in [-0.1, -0.05) is 12.1 Å². The molecule has 0 aromatic heterocycles. The van der Waals surface area contributed by atoms with E-state index < -0.39 is 10.8 Å². The van der Waals surface area contributed by atoms with Gasteiger partial charge in [-0.2, -0.15) is 5.26 Å². The van der Waals surface area contributed by atoms with E-state index in [2.05, 4.69) is 0 Å². The van der Waals surface area contributed by atoms with Gasteiger partial charge >= 0.3 is 0 Å². The van der Waals surface area contributed by atoms with Crippen LogP contribution in [0.15, 0.2) is 29.8 Å². The molecule has 2 N–H and O–H groups in total. The van der Waals surface area contributed by atoms with Crippen LogP contribution < -0.4 is 5.73 Å². The number of benzene rings is 1. The van der Waals surface area contributed by atoms with Gasteiger partial charge in [0.05, 0.1) is 4.92 Å². The molecule has 0 aliphatic heterocycles. The van der Waals surface area contributed by atoms with Gasteiger partial charge < -0.3 is 5.73 Å². The van der Waals surface area contributed by atoms with Crippen LogP contribution >= 0.6 is 0 Å². The number of carbonyl (C=O) groups excluding carboxylic acids is 1. The zero-order valence-corrected chi connectivity index (χ0v) is 8.08. The van der Waals surface area contributed by atoms with E-state index in [0.717, 1.165) is 0 Å². The average Bonchev–Trinajstić information content (AvgIpc) is 2.25. The third-order valence-electron chi connectivity index (χ3n) is 1.78. The Labute approximate surface area is 90.7 Å². The van der Waals surface area contributed by atoms with Gasteiger partial charge in [0.2, 0.25) is 0 Å². The van der Waals surface area contributed by atoms with Crippen molar-refractivity contribution in [3.05, 3.63) is 45.5 Å². The number of nitro benzene ring substituents is 1. The van der Waals surface area contributed by atoms with E-state index in [4.69, 9.17) is 11.0 Å². The van der Waals surface area contributed by atoms with Gasteiger partial charge in [-0.05, 0) is 11.6 Å². The van der Waals surface area contributed by atoms with E-state index in [1.54, 1.807) is 6.07 Å². The fraction of sp³-hybridized carbons (Fsp3) is 0. The molecule has 0 spiro atoms. The first-order valence-electron chi connectivity index (χ1n) is 4.20. The average molecular weight is 217 g/mol. The Kier molecular flexibility index (Phi) is 3.35. The molecule has 0 aliphatic carbocycles. The normalized spacial score (nSPS) is 10.6. The highest BCUT2D eigenvalue weighted by Crippen LogP contribution is 2.15. The Bertz CT molecular complexity index is 514. The van der Waals surface area contributed by atoms with E-state index in [9.17, 15) is 14.9 Å². The Morgan fingerprint density at radius 2 is 2.25 bits per heavy atom. The number of amides is 1. The first-order valence-corrected chi connectivity index (χ1v) is 4.20. The zero-order chi connectivity index (χ0) is 12.1. The summed E-state index contributed by atoms with van der Waals surface area (Å²) >= 11 is 0. The fourth-order valence-electron chi connectivity index (χ4n) is 1.05. The van der Waals surface area contributed by atoms with Gasteiger partial charge in [0.25, 0.3) is 11.6 Å². The van der Waals surface area contributed by atoms with Crippen LogP contribution in [0.2, 0.25) is 0 Å². The number of primary amides is 1. The van der Waals surface area contributed by atoms with Gasteiger partial charge in [-0.3, -0.25) is 14.9 Å². The van der Waals surface area contributed by atoms with E-state index in [0.29, 0.717) is 5.56 Å². The highest BCUT2D eigenvalue weighted by molar-refractivity contribution is 6.00. The molecule has 1 aromatic carbocycles. The van der Waals surface area contributed by atoms with Crippen molar-refractivity contribution in [2.45, 2.75) is 0 Å². The van der Waals surface area contributed by atoms with Crippen LogP contribution in [0, 0.1) is 21.4 Å². The number of rotatable bonds is 3. The number of hydrogen-bond donors (Lipinski definition) is 1. The summed E-state index contributed by atoms with van der Waals surface area (Å²) in [4.78, 5) is 20.7. The maximum Gasteiger partial charge on any atom is 0.270 e. The zero-order valence-electron chi connectivity index (χ0n) is 8.08. The molecule has 0 radical (unpaired) electrons. The molecular weight excluding hydrogens is 210 g/mol. The molecule has 1 rings (SSSR count). The molecule has 1 aromatic rings. The summed E-state index contributed by atoms with van der Waals surface area (Å²) in [5.74, 6) is -0.867. The van der Waals surface area contributed by atoms with Crippen LogP contribution in [0.25, 0.3) is 6.08 Å². The molecule has 6 heteroatoms. The lowest BCUT2D eigenvalue weighted by Crippen LogP contribution is -2.12. The third kappa shape index (κ3) is 2.65. The number of nitriles is 1. The second kappa shape index (κ2) is 4.70. The van der Waals surface area contributed by atoms with Crippen LogP contribution in [-0.2, 0) is 4.79 Å². The lowest BCUT2D eigenvalue weighted by molar-refractivity contribution is -0.384. The minimum absolute atomic E-state index is 0.115. The third-order valence-corrected chi connectivity index (χ3v) is 1.78. The molecule has 0 atom stereocenters. The lowest BCUT2D eigenvalue weighted by Gasteiger charge is -1.95. The van der Waals surface area contributed by atoms with Gasteiger partial charge in [0, 0.05) is 12.1 Å². The molecule has 0 bridgehead atoms. The summed E-state index contributed by atoms with van der Waals surface area (Å²) in [5.41, 5.74) is 4.94. The number of carbonyl (C=O) groups is 1. The number of nitrogens with two attached hydrogens (primary N) is 1. The first kappa shape index (κ1) is 11.4. The molecule has 0 unspecified atom stereocenters. The predicted octanol–water partition coefficient (Wildman–Crippen LogP) is 0.987. The van der Waals surface area contributed by atoms with E-state index in [1.165, 1.54) is 30.3 Å². The van der Waals surface area contributed by atoms with Crippen molar-refractivity contribution in [2.24, 2.45) is 5.73 Å². The molecule has 0 fully saturated rings. The summed E-state index contributed by atoms with van der Waals surface area (Å²) in [6.07, 6.45) is 1.20. The molecule has 6 nitrogen and oxygen atoms in total. The van der Waals surface area contributed by atoms with Crippen LogP contribution in [0.4, 0.5) is 5.69 Å². The van der Waals surface area contributed by atoms with E-state index >= 15 is 0 Å². The molecule has 0 aliphatic rings. The Morgan fingerprint density at radius 1 is 1.56 bits per heavy atom. The summed E-state index contributed by atoms with van der Waals surface area (Å²) in [6.45, 7) is 0. The lowest BCUT2D eigenvalue weighted by atomic mass is 10.1. The number of hydrogen-bond acceptors (Lipinski definition) is 4. The molecular formula is C10H7N3O3. The van der Waals surface area contributed by atoms with Crippen molar-refractivity contribution in [1.82, 2.24) is 0 Å². The molecule has 0 saturated heterocycles. The maximum atomic E-state index is 10.8. The second-order valence-corrected chi connectivity index (χ2v) is 2.89. The minimum atomic E-state index is -0.867. The van der Waals surface area contributed by atoms with Gasteiger partial charge in [0.15, 0.2) is 0 Å². The van der Waals surface area contributed by atoms with Crippen molar-refractivity contribution in [3.8, 4) is 6.07 Å². The smallest absolute Gasteiger partial charge is 0.270 e. The quantitative estimate of drug-likeness (QED) is 0.352. The summed E-state index contributed by atoms with van der Waals surface area (Å²) in [5, 5.41) is 19.1. The van der Waals surface area contributed by atoms with Crippen molar-refractivity contribution in [1.29, 1.82) is 5.26 Å². The number of nitro groups is 1. The van der Waals surface area contributed by atoms with Crippen LogP contribution in [0.5, 0.6) is 0 Å². The largest absolute Gasteiger partial charge is 0.365 e. The van der Waals surface area contributed by atoms with Gasteiger partial charge in [-0.25, -0.2) is 0 Å².